The molecule has 0 aliphatic carbocycles. The van der Waals surface area contributed by atoms with Crippen LogP contribution < -0.4 is 0 Å². The Bertz CT molecular complexity index is 600. The van der Waals surface area contributed by atoms with Crippen LogP contribution in [0.3, 0.4) is 0 Å². The maximum Gasteiger partial charge on any atom is 0.300 e. The highest BCUT2D eigenvalue weighted by atomic mass is 15.4. The lowest BCUT2D eigenvalue weighted by atomic mass is 9.99. The molecule has 0 N–H and O–H groups in total. The molecule has 0 spiro atoms. The summed E-state index contributed by atoms with van der Waals surface area (Å²) >= 11 is 0. The van der Waals surface area contributed by atoms with Gasteiger partial charge in [-0.15, -0.1) is 0 Å². The van der Waals surface area contributed by atoms with Gasteiger partial charge >= 0.3 is 5.70 Å². The summed E-state index contributed by atoms with van der Waals surface area (Å²) in [6.45, 7) is 20.8. The van der Waals surface area contributed by atoms with Crippen molar-refractivity contribution in [3.63, 3.8) is 0 Å². The highest BCUT2D eigenvalue weighted by Crippen LogP contribution is 2.24. The van der Waals surface area contributed by atoms with Crippen LogP contribution in [0.25, 0.3) is 4.85 Å². The van der Waals surface area contributed by atoms with Crippen LogP contribution in [0.15, 0.2) is 11.5 Å². The summed E-state index contributed by atoms with van der Waals surface area (Å²) in [5.74, 6) is 1.77. The molecular weight excluding hydrogens is 360 g/mol. The highest BCUT2D eigenvalue weighted by molar-refractivity contribution is 5.33. The summed E-state index contributed by atoms with van der Waals surface area (Å²) in [7, 11) is 0. The fourth-order valence-corrected chi connectivity index (χ4v) is 4.95. The maximum atomic E-state index is 9.51. The molecule has 6 nitrogen and oxygen atoms in total. The molecular formula is C23H38N6. The normalized spacial score (nSPS) is 23.8. The van der Waals surface area contributed by atoms with Crippen LogP contribution in [0.1, 0.15) is 51.9 Å². The maximum absolute atomic E-state index is 9.51. The van der Waals surface area contributed by atoms with E-state index in [0.29, 0.717) is 0 Å². The van der Waals surface area contributed by atoms with Gasteiger partial charge in [-0.1, -0.05) is 13.3 Å². The van der Waals surface area contributed by atoms with Crippen LogP contribution in [0.5, 0.6) is 0 Å². The molecule has 29 heavy (non-hydrogen) atoms. The van der Waals surface area contributed by atoms with E-state index < -0.39 is 0 Å². The molecule has 0 aromatic heterocycles. The van der Waals surface area contributed by atoms with Crippen molar-refractivity contribution >= 4 is 0 Å². The van der Waals surface area contributed by atoms with Gasteiger partial charge in [-0.3, -0.25) is 0 Å². The number of allylic oxidation sites excluding steroid dienone is 1. The van der Waals surface area contributed by atoms with Crippen LogP contribution in [0, 0.1) is 23.8 Å². The number of nitrogens with zero attached hydrogens (tertiary/aromatic N) is 6. The van der Waals surface area contributed by atoms with Crippen molar-refractivity contribution in [2.24, 2.45) is 5.92 Å². The smallest absolute Gasteiger partial charge is 0.300 e. The zero-order valence-corrected chi connectivity index (χ0v) is 18.3. The number of rotatable bonds is 8. The van der Waals surface area contributed by atoms with Gasteiger partial charge in [0, 0.05) is 26.2 Å². The Labute approximate surface area is 177 Å². The van der Waals surface area contributed by atoms with Crippen molar-refractivity contribution < 1.29 is 0 Å². The zero-order chi connectivity index (χ0) is 20.5. The third kappa shape index (κ3) is 6.36. The van der Waals surface area contributed by atoms with E-state index in [1.165, 1.54) is 58.3 Å². The molecule has 160 valence electrons. The van der Waals surface area contributed by atoms with Crippen molar-refractivity contribution in [3.05, 3.63) is 22.9 Å². The molecule has 3 aliphatic heterocycles. The molecule has 3 aliphatic rings. The molecule has 0 bridgehead atoms. The van der Waals surface area contributed by atoms with Crippen LogP contribution in [0.4, 0.5) is 0 Å². The number of piperidine rings is 2. The zero-order valence-electron chi connectivity index (χ0n) is 18.3. The molecule has 3 heterocycles. The average molecular weight is 399 g/mol. The summed E-state index contributed by atoms with van der Waals surface area (Å²) < 4.78 is 0. The minimum atomic E-state index is 0.271. The first-order valence-corrected chi connectivity index (χ1v) is 11.7. The lowest BCUT2D eigenvalue weighted by molar-refractivity contribution is 0.183. The Morgan fingerprint density at radius 2 is 1.45 bits per heavy atom. The molecule has 0 aromatic carbocycles. The number of nitriles is 1. The molecule has 3 saturated heterocycles. The molecule has 0 unspecified atom stereocenters. The molecule has 0 atom stereocenters. The van der Waals surface area contributed by atoms with Gasteiger partial charge in [0.1, 0.15) is 5.82 Å². The fraction of sp³-hybridized carbons (Fsp3) is 0.826. The van der Waals surface area contributed by atoms with Gasteiger partial charge in [0.2, 0.25) is 0 Å². The first-order valence-electron chi connectivity index (χ1n) is 11.7. The Hall–Kier alpha value is -1.76. The largest absolute Gasteiger partial charge is 0.365 e. The van der Waals surface area contributed by atoms with Gasteiger partial charge in [-0.2, -0.15) is 0 Å². The second kappa shape index (κ2) is 11.4. The van der Waals surface area contributed by atoms with Gasteiger partial charge in [0.25, 0.3) is 0 Å². The van der Waals surface area contributed by atoms with Gasteiger partial charge in [-0.25, -0.2) is 10.1 Å². The molecule has 0 aromatic rings. The predicted molar refractivity (Wildman–Crippen MR) is 117 cm³/mol. The summed E-state index contributed by atoms with van der Waals surface area (Å²) in [6, 6.07) is 2.16. The Morgan fingerprint density at radius 3 is 1.97 bits per heavy atom. The minimum absolute atomic E-state index is 0.271. The summed E-state index contributed by atoms with van der Waals surface area (Å²) in [5, 5.41) is 9.51. The van der Waals surface area contributed by atoms with Gasteiger partial charge < -0.3 is 19.6 Å². The van der Waals surface area contributed by atoms with E-state index in [9.17, 15) is 5.26 Å². The molecule has 3 rings (SSSR count). The van der Waals surface area contributed by atoms with Crippen molar-refractivity contribution in [1.29, 1.82) is 5.26 Å². The van der Waals surface area contributed by atoms with Gasteiger partial charge in [0.15, 0.2) is 0 Å². The summed E-state index contributed by atoms with van der Waals surface area (Å²) in [5.41, 5.74) is 0.271. The van der Waals surface area contributed by atoms with E-state index in [2.05, 4.69) is 37.4 Å². The molecule has 3 fully saturated rings. The molecule has 0 amide bonds. The monoisotopic (exact) mass is 398 g/mol. The van der Waals surface area contributed by atoms with Crippen molar-refractivity contribution in [2.75, 3.05) is 65.4 Å². The van der Waals surface area contributed by atoms with Gasteiger partial charge in [-0.05, 0) is 83.7 Å². The number of hydrogen-bond donors (Lipinski definition) is 0. The third-order valence-electron chi connectivity index (χ3n) is 6.80. The molecule has 0 radical (unpaired) electrons. The average Bonchev–Trinajstić information content (AvgIpc) is 3.14. The van der Waals surface area contributed by atoms with Crippen molar-refractivity contribution in [3.8, 4) is 6.07 Å². The standard InChI is InChI=1S/C23H38N6/c1-21-8-16-27(17-9-21)13-7-15-29-19-18-28(23(29)22(20-24)25-2)14-6-12-26-10-4-3-5-11-26/h21H,3-19H2,1H3. The number of hydrogen-bond acceptors (Lipinski definition) is 5. The first kappa shape index (κ1) is 21.9. The Morgan fingerprint density at radius 1 is 0.897 bits per heavy atom. The van der Waals surface area contributed by atoms with E-state index in [-0.39, 0.29) is 5.70 Å². The van der Waals surface area contributed by atoms with Crippen molar-refractivity contribution in [1.82, 2.24) is 19.6 Å². The Balaban J connectivity index is 1.49. The minimum Gasteiger partial charge on any atom is -0.365 e. The van der Waals surface area contributed by atoms with E-state index in [1.807, 2.05) is 0 Å². The van der Waals surface area contributed by atoms with E-state index in [4.69, 9.17) is 6.57 Å². The lowest BCUT2D eigenvalue weighted by Crippen LogP contribution is -2.35. The lowest BCUT2D eigenvalue weighted by Gasteiger charge is -2.31. The third-order valence-corrected chi connectivity index (χ3v) is 6.80. The quantitative estimate of drug-likeness (QED) is 0.464. The topological polar surface area (TPSA) is 41.1 Å². The van der Waals surface area contributed by atoms with Gasteiger partial charge in [0.05, 0.1) is 12.6 Å². The van der Waals surface area contributed by atoms with Crippen molar-refractivity contribution in [2.45, 2.75) is 51.9 Å². The molecule has 6 heteroatoms. The van der Waals surface area contributed by atoms with E-state index >= 15 is 0 Å². The van der Waals surface area contributed by atoms with Crippen LogP contribution in [-0.2, 0) is 0 Å². The Kier molecular flexibility index (Phi) is 8.65. The van der Waals surface area contributed by atoms with Crippen LogP contribution in [0.2, 0.25) is 0 Å². The van der Waals surface area contributed by atoms with E-state index in [1.54, 1.807) is 0 Å². The van der Waals surface area contributed by atoms with Crippen LogP contribution in [-0.4, -0.2) is 85.0 Å². The van der Waals surface area contributed by atoms with E-state index in [0.717, 1.165) is 63.8 Å². The highest BCUT2D eigenvalue weighted by Gasteiger charge is 2.28. The first-order chi connectivity index (χ1) is 14.2. The predicted octanol–water partition coefficient (Wildman–Crippen LogP) is 3.21. The molecule has 0 saturated carbocycles. The summed E-state index contributed by atoms with van der Waals surface area (Å²) in [4.78, 5) is 13.3. The number of likely N-dealkylation sites (tertiary alicyclic amines) is 2. The second-order valence-electron chi connectivity index (χ2n) is 9.00. The second-order valence-corrected chi connectivity index (χ2v) is 9.00. The summed E-state index contributed by atoms with van der Waals surface area (Å²) in [6.07, 6.45) is 8.88. The van der Waals surface area contributed by atoms with Crippen LogP contribution >= 0.6 is 0 Å². The fourth-order valence-electron chi connectivity index (χ4n) is 4.95. The SMILES string of the molecule is [C-]#[N+]C(C#N)=C1N(CCCN2CCCCC2)CCN1CCCN1CCC(C)CC1.